The average molecular weight is 420 g/mol. The van der Waals surface area contributed by atoms with Gasteiger partial charge >= 0.3 is 0 Å². The van der Waals surface area contributed by atoms with Crippen LogP contribution in [0, 0.1) is 0 Å². The SMILES string of the molecule is O=S(=O)(O)c1ccc2ccccc2c1N=Nc1ccccc1S(=O)(=O)CCO. The van der Waals surface area contributed by atoms with Gasteiger partial charge in [0, 0.05) is 5.39 Å². The molecule has 28 heavy (non-hydrogen) atoms. The van der Waals surface area contributed by atoms with Crippen LogP contribution in [-0.4, -0.2) is 38.9 Å². The lowest BCUT2D eigenvalue weighted by molar-refractivity contribution is 0.319. The van der Waals surface area contributed by atoms with E-state index in [1.165, 1.54) is 30.3 Å². The number of fused-ring (bicyclic) bond motifs is 1. The van der Waals surface area contributed by atoms with Crippen LogP contribution in [0.3, 0.4) is 0 Å². The molecule has 8 nitrogen and oxygen atoms in total. The van der Waals surface area contributed by atoms with Crippen LogP contribution in [0.5, 0.6) is 0 Å². The molecule has 146 valence electrons. The van der Waals surface area contributed by atoms with Crippen molar-refractivity contribution in [3.05, 3.63) is 60.7 Å². The van der Waals surface area contributed by atoms with Gasteiger partial charge in [0.2, 0.25) is 0 Å². The number of benzene rings is 3. The van der Waals surface area contributed by atoms with Gasteiger partial charge in [-0.15, -0.1) is 10.2 Å². The molecular formula is C18H16N2O6S2. The summed E-state index contributed by atoms with van der Waals surface area (Å²) in [7, 11) is -8.38. The van der Waals surface area contributed by atoms with Crippen LogP contribution in [0.1, 0.15) is 0 Å². The van der Waals surface area contributed by atoms with Crippen LogP contribution in [0.2, 0.25) is 0 Å². The molecule has 0 radical (unpaired) electrons. The van der Waals surface area contributed by atoms with Crippen molar-refractivity contribution in [2.45, 2.75) is 9.79 Å². The van der Waals surface area contributed by atoms with Crippen molar-refractivity contribution >= 4 is 42.1 Å². The smallest absolute Gasteiger partial charge is 0.296 e. The van der Waals surface area contributed by atoms with E-state index in [0.29, 0.717) is 10.8 Å². The zero-order valence-electron chi connectivity index (χ0n) is 14.4. The number of nitrogens with zero attached hydrogens (tertiary/aromatic N) is 2. The van der Waals surface area contributed by atoms with Crippen molar-refractivity contribution in [2.75, 3.05) is 12.4 Å². The molecular weight excluding hydrogens is 404 g/mol. The van der Waals surface area contributed by atoms with Crippen LogP contribution >= 0.6 is 0 Å². The molecule has 0 unspecified atom stereocenters. The first kappa shape index (κ1) is 20.1. The topological polar surface area (TPSA) is 133 Å². The molecule has 0 heterocycles. The zero-order chi connectivity index (χ0) is 20.4. The molecule has 0 amide bonds. The van der Waals surface area contributed by atoms with Crippen LogP contribution in [0.4, 0.5) is 11.4 Å². The van der Waals surface area contributed by atoms with Gasteiger partial charge in [0.1, 0.15) is 16.3 Å². The summed E-state index contributed by atoms with van der Waals surface area (Å²) in [6, 6.07) is 15.3. The zero-order valence-corrected chi connectivity index (χ0v) is 16.1. The summed E-state index contributed by atoms with van der Waals surface area (Å²) >= 11 is 0. The lowest BCUT2D eigenvalue weighted by Gasteiger charge is -2.08. The van der Waals surface area contributed by atoms with E-state index in [1.54, 1.807) is 30.3 Å². The Morgan fingerprint density at radius 2 is 1.46 bits per heavy atom. The molecule has 0 aliphatic carbocycles. The maximum atomic E-state index is 12.3. The van der Waals surface area contributed by atoms with E-state index in [2.05, 4.69) is 10.2 Å². The molecule has 3 aromatic rings. The second kappa shape index (κ2) is 7.76. The van der Waals surface area contributed by atoms with E-state index in [0.717, 1.165) is 0 Å². The molecule has 0 spiro atoms. The van der Waals surface area contributed by atoms with Gasteiger partial charge in [-0.05, 0) is 23.6 Å². The van der Waals surface area contributed by atoms with Gasteiger partial charge in [-0.1, -0.05) is 42.5 Å². The Kier molecular flexibility index (Phi) is 5.57. The summed E-state index contributed by atoms with van der Waals surface area (Å²) in [5.74, 6) is -0.482. The monoisotopic (exact) mass is 420 g/mol. The lowest BCUT2D eigenvalue weighted by Crippen LogP contribution is -2.10. The van der Waals surface area contributed by atoms with Crippen molar-refractivity contribution in [1.82, 2.24) is 0 Å². The summed E-state index contributed by atoms with van der Waals surface area (Å²) < 4.78 is 57.6. The lowest BCUT2D eigenvalue weighted by atomic mass is 10.1. The molecule has 0 saturated carbocycles. The van der Waals surface area contributed by atoms with E-state index < -0.39 is 37.2 Å². The Morgan fingerprint density at radius 1 is 0.786 bits per heavy atom. The fourth-order valence-corrected chi connectivity index (χ4v) is 4.49. The largest absolute Gasteiger partial charge is 0.395 e. The summed E-state index contributed by atoms with van der Waals surface area (Å²) in [6.45, 7) is -0.552. The van der Waals surface area contributed by atoms with Gasteiger partial charge in [0.05, 0.1) is 17.3 Å². The van der Waals surface area contributed by atoms with Crippen molar-refractivity contribution in [2.24, 2.45) is 10.2 Å². The predicted molar refractivity (Wildman–Crippen MR) is 104 cm³/mol. The molecule has 3 rings (SSSR count). The minimum atomic E-state index is -4.58. The quantitative estimate of drug-likeness (QED) is 0.464. The summed E-state index contributed by atoms with van der Waals surface area (Å²) in [5.41, 5.74) is -0.111. The van der Waals surface area contributed by atoms with Gasteiger partial charge in [-0.2, -0.15) is 8.42 Å². The second-order valence-electron chi connectivity index (χ2n) is 5.82. The molecule has 0 saturated heterocycles. The number of azo groups is 1. The third-order valence-electron chi connectivity index (χ3n) is 3.96. The van der Waals surface area contributed by atoms with Gasteiger partial charge in [0.15, 0.2) is 9.84 Å². The molecule has 0 bridgehead atoms. The fourth-order valence-electron chi connectivity index (χ4n) is 2.68. The van der Waals surface area contributed by atoms with E-state index >= 15 is 0 Å². The third kappa shape index (κ3) is 4.09. The summed E-state index contributed by atoms with van der Waals surface area (Å²) in [6.07, 6.45) is 0. The minimum absolute atomic E-state index is 0.00910. The Morgan fingerprint density at radius 3 is 2.18 bits per heavy atom. The second-order valence-corrected chi connectivity index (χ2v) is 9.29. The van der Waals surface area contributed by atoms with Crippen molar-refractivity contribution < 1.29 is 26.5 Å². The van der Waals surface area contributed by atoms with Crippen molar-refractivity contribution in [1.29, 1.82) is 0 Å². The maximum absolute atomic E-state index is 12.3. The molecule has 10 heteroatoms. The highest BCUT2D eigenvalue weighted by Crippen LogP contribution is 2.35. The van der Waals surface area contributed by atoms with Crippen LogP contribution in [0.15, 0.2) is 80.7 Å². The maximum Gasteiger partial charge on any atom is 0.296 e. The number of hydrogen-bond donors (Lipinski definition) is 2. The van der Waals surface area contributed by atoms with Gasteiger partial charge in [-0.3, -0.25) is 4.55 Å². The number of rotatable bonds is 6. The number of sulfone groups is 1. The average Bonchev–Trinajstić information content (AvgIpc) is 2.65. The van der Waals surface area contributed by atoms with E-state index in [1.807, 2.05) is 0 Å². The molecule has 0 aliphatic rings. The predicted octanol–water partition coefficient (Wildman–Crippen LogP) is 3.27. The molecule has 0 aliphatic heterocycles. The third-order valence-corrected chi connectivity index (χ3v) is 6.58. The number of aliphatic hydroxyl groups excluding tert-OH is 1. The molecule has 0 atom stereocenters. The Balaban J connectivity index is 2.21. The molecule has 0 fully saturated rings. The highest BCUT2D eigenvalue weighted by Gasteiger charge is 2.20. The number of aliphatic hydroxyl groups is 1. The summed E-state index contributed by atoms with van der Waals surface area (Å²) in [5, 5.41) is 18.0. The highest BCUT2D eigenvalue weighted by atomic mass is 32.2. The molecule has 3 aromatic carbocycles. The first-order chi connectivity index (χ1) is 13.2. The Hall–Kier alpha value is -2.66. The first-order valence-corrected chi connectivity index (χ1v) is 11.2. The molecule has 2 N–H and O–H groups in total. The Bertz CT molecular complexity index is 1270. The fraction of sp³-hybridized carbons (Fsp3) is 0.111. The van der Waals surface area contributed by atoms with E-state index in [4.69, 9.17) is 5.11 Å². The standard InChI is InChI=1S/C18H16N2O6S2/c21-11-12-27(22,23)16-8-4-3-7-15(16)19-20-18-14-6-2-1-5-13(14)9-10-17(18)28(24,25)26/h1-10,21H,11-12H2,(H,24,25,26). The summed E-state index contributed by atoms with van der Waals surface area (Å²) in [4.78, 5) is -0.577. The van der Waals surface area contributed by atoms with Gasteiger partial charge < -0.3 is 5.11 Å². The van der Waals surface area contributed by atoms with Crippen LogP contribution in [-0.2, 0) is 20.0 Å². The van der Waals surface area contributed by atoms with Crippen molar-refractivity contribution in [3.63, 3.8) is 0 Å². The Labute approximate surface area is 161 Å². The minimum Gasteiger partial charge on any atom is -0.395 e. The van der Waals surface area contributed by atoms with Gasteiger partial charge in [0.25, 0.3) is 10.1 Å². The normalized spacial score (nSPS) is 12.6. The highest BCUT2D eigenvalue weighted by molar-refractivity contribution is 7.91. The van der Waals surface area contributed by atoms with E-state index in [-0.39, 0.29) is 16.3 Å². The van der Waals surface area contributed by atoms with E-state index in [9.17, 15) is 21.4 Å². The first-order valence-electron chi connectivity index (χ1n) is 8.07. The van der Waals surface area contributed by atoms with Crippen LogP contribution in [0.25, 0.3) is 10.8 Å². The van der Waals surface area contributed by atoms with Crippen molar-refractivity contribution in [3.8, 4) is 0 Å². The van der Waals surface area contributed by atoms with Gasteiger partial charge in [-0.25, -0.2) is 8.42 Å². The number of hydrogen-bond acceptors (Lipinski definition) is 7. The molecule has 0 aromatic heterocycles. The van der Waals surface area contributed by atoms with Crippen LogP contribution < -0.4 is 0 Å².